The second-order valence-electron chi connectivity index (χ2n) is 7.53. The molecule has 1 unspecified atom stereocenters. The van der Waals surface area contributed by atoms with Gasteiger partial charge in [-0.3, -0.25) is 0 Å². The maximum absolute atomic E-state index is 6.29. The topological polar surface area (TPSA) is 39.9 Å². The molecule has 1 aliphatic rings. The van der Waals surface area contributed by atoms with Gasteiger partial charge in [-0.15, -0.1) is 5.10 Å². The highest BCUT2D eigenvalue weighted by Gasteiger charge is 2.27. The predicted octanol–water partition coefficient (Wildman–Crippen LogP) is 5.98. The standard InChI is InChI=1S/C20H21N3O.C4H10/c1-13(2)24-18-12-14-8-4-5-9-15(14)19-20(23(3)22-21-19)17-11-7-6-10-16(17)18;1-3-4-2/h4-11,13,18H,12H2,1-3H3;3-4H2,1-2H3. The summed E-state index contributed by atoms with van der Waals surface area (Å²) in [4.78, 5) is 0. The number of hydrogen-bond donors (Lipinski definition) is 0. The molecule has 0 amide bonds. The highest BCUT2D eigenvalue weighted by molar-refractivity contribution is 5.82. The fourth-order valence-corrected chi connectivity index (χ4v) is 3.52. The van der Waals surface area contributed by atoms with Crippen molar-refractivity contribution in [3.63, 3.8) is 0 Å². The lowest BCUT2D eigenvalue weighted by Gasteiger charge is -2.26. The molecule has 148 valence electrons. The van der Waals surface area contributed by atoms with E-state index in [9.17, 15) is 0 Å². The van der Waals surface area contributed by atoms with E-state index in [-0.39, 0.29) is 12.2 Å². The van der Waals surface area contributed by atoms with E-state index in [1.165, 1.54) is 24.0 Å². The van der Waals surface area contributed by atoms with Crippen LogP contribution >= 0.6 is 0 Å². The van der Waals surface area contributed by atoms with Crippen LogP contribution in [0.25, 0.3) is 22.5 Å². The van der Waals surface area contributed by atoms with Gasteiger partial charge in [-0.1, -0.05) is 80.4 Å². The molecular formula is C24H31N3O. The van der Waals surface area contributed by atoms with Gasteiger partial charge in [0.1, 0.15) is 5.69 Å². The number of benzene rings is 2. The van der Waals surface area contributed by atoms with Crippen molar-refractivity contribution >= 4 is 0 Å². The summed E-state index contributed by atoms with van der Waals surface area (Å²) in [6.45, 7) is 8.54. The fraction of sp³-hybridized carbons (Fsp3) is 0.417. The van der Waals surface area contributed by atoms with Gasteiger partial charge >= 0.3 is 0 Å². The summed E-state index contributed by atoms with van der Waals surface area (Å²) in [5.41, 5.74) is 6.75. The highest BCUT2D eigenvalue weighted by Crippen LogP contribution is 2.41. The van der Waals surface area contributed by atoms with Crippen LogP contribution in [-0.4, -0.2) is 21.1 Å². The third-order valence-electron chi connectivity index (χ3n) is 5.00. The summed E-state index contributed by atoms with van der Waals surface area (Å²) in [6, 6.07) is 16.9. The monoisotopic (exact) mass is 377 g/mol. The van der Waals surface area contributed by atoms with E-state index < -0.39 is 0 Å². The lowest BCUT2D eigenvalue weighted by Crippen LogP contribution is -2.16. The van der Waals surface area contributed by atoms with Crippen molar-refractivity contribution in [3.8, 4) is 22.5 Å². The van der Waals surface area contributed by atoms with Gasteiger partial charge in [-0.05, 0) is 25.0 Å². The zero-order valence-corrected chi connectivity index (χ0v) is 17.6. The zero-order valence-electron chi connectivity index (χ0n) is 17.6. The number of rotatable bonds is 3. The first-order chi connectivity index (χ1) is 13.6. The molecule has 0 saturated heterocycles. The van der Waals surface area contributed by atoms with E-state index in [4.69, 9.17) is 4.74 Å². The number of fused-ring (bicyclic) bond motifs is 5. The average molecular weight is 378 g/mol. The molecule has 0 bridgehead atoms. The number of hydrogen-bond acceptors (Lipinski definition) is 3. The lowest BCUT2D eigenvalue weighted by atomic mass is 9.87. The summed E-state index contributed by atoms with van der Waals surface area (Å²) in [6.07, 6.45) is 3.66. The van der Waals surface area contributed by atoms with Gasteiger partial charge in [0.2, 0.25) is 0 Å². The summed E-state index contributed by atoms with van der Waals surface area (Å²) < 4.78 is 8.16. The number of nitrogens with zero attached hydrogens (tertiary/aromatic N) is 3. The van der Waals surface area contributed by atoms with Crippen molar-refractivity contribution in [2.24, 2.45) is 7.05 Å². The Morgan fingerprint density at radius 3 is 2.32 bits per heavy atom. The van der Waals surface area contributed by atoms with Gasteiger partial charge in [0, 0.05) is 24.6 Å². The third-order valence-corrected chi connectivity index (χ3v) is 5.00. The Labute approximate surface area is 168 Å². The molecule has 4 heteroatoms. The molecule has 1 atom stereocenters. The van der Waals surface area contributed by atoms with Crippen LogP contribution in [0, 0.1) is 0 Å². The van der Waals surface area contributed by atoms with Gasteiger partial charge in [0.15, 0.2) is 0 Å². The molecular weight excluding hydrogens is 346 g/mol. The SMILES string of the molecule is CC(C)OC1Cc2ccccc2-c2nnn(C)c2-c2ccccc21.CCCC. The summed E-state index contributed by atoms with van der Waals surface area (Å²) in [7, 11) is 1.95. The summed E-state index contributed by atoms with van der Waals surface area (Å²) in [5, 5.41) is 8.75. The summed E-state index contributed by atoms with van der Waals surface area (Å²) >= 11 is 0. The van der Waals surface area contributed by atoms with Gasteiger partial charge in [-0.25, -0.2) is 4.68 Å². The second-order valence-corrected chi connectivity index (χ2v) is 7.53. The molecule has 1 heterocycles. The normalized spacial score (nSPS) is 14.9. The summed E-state index contributed by atoms with van der Waals surface area (Å²) in [5.74, 6) is 0. The minimum atomic E-state index is 0.0189. The molecule has 28 heavy (non-hydrogen) atoms. The maximum Gasteiger partial charge on any atom is 0.121 e. The van der Waals surface area contributed by atoms with Crippen molar-refractivity contribution in [2.75, 3.05) is 0 Å². The van der Waals surface area contributed by atoms with Crippen LogP contribution in [0.3, 0.4) is 0 Å². The van der Waals surface area contributed by atoms with Gasteiger partial charge in [0.25, 0.3) is 0 Å². The molecule has 1 aromatic heterocycles. The van der Waals surface area contributed by atoms with E-state index in [0.717, 1.165) is 28.9 Å². The van der Waals surface area contributed by atoms with E-state index >= 15 is 0 Å². The fourth-order valence-electron chi connectivity index (χ4n) is 3.52. The molecule has 4 rings (SSSR count). The third kappa shape index (κ3) is 4.17. The Morgan fingerprint density at radius 2 is 1.64 bits per heavy atom. The van der Waals surface area contributed by atoms with Crippen molar-refractivity contribution in [3.05, 3.63) is 59.7 Å². The zero-order chi connectivity index (χ0) is 20.1. The largest absolute Gasteiger partial charge is 0.371 e. The van der Waals surface area contributed by atoms with E-state index in [1.807, 2.05) is 11.7 Å². The minimum absolute atomic E-state index is 0.0189. The first-order valence-corrected chi connectivity index (χ1v) is 10.3. The molecule has 0 fully saturated rings. The maximum atomic E-state index is 6.29. The van der Waals surface area contributed by atoms with E-state index in [1.54, 1.807) is 0 Å². The van der Waals surface area contributed by atoms with E-state index in [2.05, 4.69) is 86.5 Å². The van der Waals surface area contributed by atoms with Gasteiger partial charge in [-0.2, -0.15) is 0 Å². The molecule has 0 saturated carbocycles. The van der Waals surface area contributed by atoms with Crippen molar-refractivity contribution in [2.45, 2.75) is 59.2 Å². The first-order valence-electron chi connectivity index (χ1n) is 10.3. The molecule has 3 aromatic rings. The Kier molecular flexibility index (Phi) is 6.63. The van der Waals surface area contributed by atoms with Crippen molar-refractivity contribution < 1.29 is 4.74 Å². The molecule has 2 aromatic carbocycles. The number of unbranched alkanes of at least 4 members (excludes halogenated alkanes) is 1. The van der Waals surface area contributed by atoms with E-state index in [0.29, 0.717) is 0 Å². The predicted molar refractivity (Wildman–Crippen MR) is 115 cm³/mol. The molecule has 0 aliphatic heterocycles. The van der Waals surface area contributed by atoms with Crippen LogP contribution in [0.5, 0.6) is 0 Å². The molecule has 0 radical (unpaired) electrons. The van der Waals surface area contributed by atoms with Gasteiger partial charge < -0.3 is 4.74 Å². The van der Waals surface area contributed by atoms with Crippen LogP contribution < -0.4 is 0 Å². The van der Waals surface area contributed by atoms with Crippen LogP contribution in [0.2, 0.25) is 0 Å². The molecule has 0 N–H and O–H groups in total. The quantitative estimate of drug-likeness (QED) is 0.564. The lowest BCUT2D eigenvalue weighted by molar-refractivity contribution is 0.00716. The number of aromatic nitrogens is 3. The highest BCUT2D eigenvalue weighted by atomic mass is 16.5. The van der Waals surface area contributed by atoms with Crippen molar-refractivity contribution in [1.82, 2.24) is 15.0 Å². The Bertz CT molecular complexity index is 912. The van der Waals surface area contributed by atoms with Crippen LogP contribution in [-0.2, 0) is 18.2 Å². The average Bonchev–Trinajstić information content (AvgIpc) is 3.07. The van der Waals surface area contributed by atoms with Crippen LogP contribution in [0.1, 0.15) is 57.8 Å². The Hall–Kier alpha value is -2.46. The molecule has 4 nitrogen and oxygen atoms in total. The van der Waals surface area contributed by atoms with Crippen LogP contribution in [0.4, 0.5) is 0 Å². The first kappa shape index (κ1) is 20.3. The molecule has 0 spiro atoms. The smallest absolute Gasteiger partial charge is 0.121 e. The number of ether oxygens (including phenoxy) is 1. The van der Waals surface area contributed by atoms with Crippen molar-refractivity contribution in [1.29, 1.82) is 0 Å². The minimum Gasteiger partial charge on any atom is -0.371 e. The molecule has 1 aliphatic carbocycles. The Balaban J connectivity index is 0.000000516. The second kappa shape index (κ2) is 9.16. The van der Waals surface area contributed by atoms with Gasteiger partial charge in [0.05, 0.1) is 17.9 Å². The number of aryl methyl sites for hydroxylation is 1. The van der Waals surface area contributed by atoms with Crippen LogP contribution in [0.15, 0.2) is 48.5 Å². The Morgan fingerprint density at radius 1 is 1.00 bits per heavy atom.